The van der Waals surface area contributed by atoms with Gasteiger partial charge in [-0.15, -0.1) is 0 Å². The fraction of sp³-hybridized carbons (Fsp3) is 0.0667. The predicted octanol–water partition coefficient (Wildman–Crippen LogP) is 8.45. The van der Waals surface area contributed by atoms with Crippen LogP contribution in [0.4, 0.5) is 11.4 Å². The lowest BCUT2D eigenvalue weighted by Crippen LogP contribution is -2.15. The molecule has 4 aromatic carbocycles. The van der Waals surface area contributed by atoms with Crippen LogP contribution < -0.4 is 4.90 Å². The molecule has 0 spiro atoms. The van der Waals surface area contributed by atoms with Gasteiger partial charge >= 0.3 is 0 Å². The Morgan fingerprint density at radius 2 is 1.03 bits per heavy atom. The van der Waals surface area contributed by atoms with Crippen LogP contribution in [-0.2, 0) is 0 Å². The zero-order valence-corrected chi connectivity index (χ0v) is 18.1. The molecule has 0 fully saturated rings. The van der Waals surface area contributed by atoms with Crippen LogP contribution in [-0.4, -0.2) is 0 Å². The Hall–Kier alpha value is -3.84. The molecule has 1 nitrogen and oxygen atoms in total. The van der Waals surface area contributed by atoms with Crippen LogP contribution in [0.3, 0.4) is 0 Å². The topological polar surface area (TPSA) is 3.24 Å². The second-order valence-electron chi connectivity index (χ2n) is 7.62. The average Bonchev–Trinajstić information content (AvgIpc) is 2.81. The molecular weight excluding hydrogens is 374 g/mol. The van der Waals surface area contributed by atoms with E-state index in [0.717, 1.165) is 11.4 Å². The zero-order valence-electron chi connectivity index (χ0n) is 18.1. The molecule has 0 bridgehead atoms. The maximum absolute atomic E-state index is 2.34. The first-order chi connectivity index (χ1) is 15.2. The molecule has 0 radical (unpaired) electrons. The SMILES string of the molecule is CC(=Cc1ccccc1)c1ccccc1N(C(C)=Cc1ccccc1)c1ccccc1. The van der Waals surface area contributed by atoms with Crippen molar-refractivity contribution in [2.75, 3.05) is 4.90 Å². The van der Waals surface area contributed by atoms with E-state index < -0.39 is 0 Å². The van der Waals surface area contributed by atoms with E-state index in [-0.39, 0.29) is 0 Å². The van der Waals surface area contributed by atoms with E-state index in [2.05, 4.69) is 146 Å². The van der Waals surface area contributed by atoms with Gasteiger partial charge in [-0.2, -0.15) is 0 Å². The quantitative estimate of drug-likeness (QED) is 0.293. The van der Waals surface area contributed by atoms with Gasteiger partial charge in [-0.05, 0) is 54.8 Å². The Balaban J connectivity index is 1.83. The molecule has 0 aromatic heterocycles. The molecule has 0 saturated carbocycles. The number of para-hydroxylation sites is 2. The van der Waals surface area contributed by atoms with Crippen LogP contribution in [0.25, 0.3) is 17.7 Å². The molecule has 4 rings (SSSR count). The van der Waals surface area contributed by atoms with Crippen LogP contribution in [0.5, 0.6) is 0 Å². The van der Waals surface area contributed by atoms with Crippen molar-refractivity contribution in [3.63, 3.8) is 0 Å². The van der Waals surface area contributed by atoms with E-state index in [1.807, 2.05) is 0 Å². The first kappa shape index (κ1) is 20.4. The van der Waals surface area contributed by atoms with E-state index in [0.29, 0.717) is 0 Å². The zero-order chi connectivity index (χ0) is 21.5. The highest BCUT2D eigenvalue weighted by atomic mass is 15.1. The van der Waals surface area contributed by atoms with Crippen LogP contribution in [0, 0.1) is 0 Å². The molecule has 31 heavy (non-hydrogen) atoms. The molecule has 0 N–H and O–H groups in total. The van der Waals surface area contributed by atoms with Crippen molar-refractivity contribution >= 4 is 29.1 Å². The van der Waals surface area contributed by atoms with Gasteiger partial charge < -0.3 is 4.90 Å². The van der Waals surface area contributed by atoms with Gasteiger partial charge in [-0.25, -0.2) is 0 Å². The van der Waals surface area contributed by atoms with Gasteiger partial charge in [0.05, 0.1) is 5.69 Å². The summed E-state index contributed by atoms with van der Waals surface area (Å²) in [7, 11) is 0. The second-order valence-corrected chi connectivity index (χ2v) is 7.62. The highest BCUT2D eigenvalue weighted by Crippen LogP contribution is 2.36. The summed E-state index contributed by atoms with van der Waals surface area (Å²) in [4.78, 5) is 2.34. The van der Waals surface area contributed by atoms with E-state index in [9.17, 15) is 0 Å². The lowest BCUT2D eigenvalue weighted by molar-refractivity contribution is 1.16. The first-order valence-corrected chi connectivity index (χ1v) is 10.6. The monoisotopic (exact) mass is 401 g/mol. The number of hydrogen-bond donors (Lipinski definition) is 0. The largest absolute Gasteiger partial charge is 0.314 e. The minimum Gasteiger partial charge on any atom is -0.314 e. The normalized spacial score (nSPS) is 11.9. The lowest BCUT2D eigenvalue weighted by Gasteiger charge is -2.28. The van der Waals surface area contributed by atoms with Crippen molar-refractivity contribution in [1.29, 1.82) is 0 Å². The van der Waals surface area contributed by atoms with E-state index >= 15 is 0 Å². The van der Waals surface area contributed by atoms with Crippen molar-refractivity contribution in [1.82, 2.24) is 0 Å². The fourth-order valence-electron chi connectivity index (χ4n) is 3.84. The summed E-state index contributed by atoms with van der Waals surface area (Å²) in [5, 5.41) is 0. The number of benzene rings is 4. The van der Waals surface area contributed by atoms with E-state index in [1.165, 1.54) is 28.0 Å². The smallest absolute Gasteiger partial charge is 0.0533 e. The van der Waals surface area contributed by atoms with Crippen molar-refractivity contribution < 1.29 is 0 Å². The summed E-state index contributed by atoms with van der Waals surface area (Å²) >= 11 is 0. The molecule has 152 valence electrons. The summed E-state index contributed by atoms with van der Waals surface area (Å²) in [5.41, 5.74) is 8.33. The standard InChI is InChI=1S/C30H27N/c1-24(22-26-14-6-3-7-15-26)29-20-12-13-21-30(29)31(28-18-10-5-11-19-28)25(2)23-27-16-8-4-9-17-27/h3-23H,1-2H3. The Morgan fingerprint density at radius 1 is 0.548 bits per heavy atom. The lowest BCUT2D eigenvalue weighted by atomic mass is 10.0. The third-order valence-corrected chi connectivity index (χ3v) is 5.29. The second kappa shape index (κ2) is 9.77. The van der Waals surface area contributed by atoms with Crippen LogP contribution in [0.1, 0.15) is 30.5 Å². The number of anilines is 2. The Bertz CT molecular complexity index is 1170. The number of rotatable bonds is 6. The molecule has 0 saturated heterocycles. The maximum atomic E-state index is 2.34. The summed E-state index contributed by atoms with van der Waals surface area (Å²) in [6.07, 6.45) is 4.48. The Morgan fingerprint density at radius 3 is 1.65 bits per heavy atom. The molecule has 0 unspecified atom stereocenters. The molecular formula is C30H27N. The minimum atomic E-state index is 1.15. The van der Waals surface area contributed by atoms with Gasteiger partial charge in [0, 0.05) is 16.9 Å². The highest BCUT2D eigenvalue weighted by molar-refractivity contribution is 5.89. The van der Waals surface area contributed by atoms with Gasteiger partial charge in [0.15, 0.2) is 0 Å². The molecule has 0 heterocycles. The van der Waals surface area contributed by atoms with Crippen LogP contribution >= 0.6 is 0 Å². The maximum Gasteiger partial charge on any atom is 0.0533 e. The fourth-order valence-corrected chi connectivity index (χ4v) is 3.84. The van der Waals surface area contributed by atoms with Crippen molar-refractivity contribution in [2.45, 2.75) is 13.8 Å². The molecule has 4 aromatic rings. The van der Waals surface area contributed by atoms with Gasteiger partial charge in [0.1, 0.15) is 0 Å². The highest BCUT2D eigenvalue weighted by Gasteiger charge is 2.16. The Kier molecular flexibility index (Phi) is 6.44. The van der Waals surface area contributed by atoms with E-state index in [4.69, 9.17) is 0 Å². The average molecular weight is 402 g/mol. The molecule has 0 amide bonds. The number of allylic oxidation sites excluding steroid dienone is 2. The van der Waals surface area contributed by atoms with Crippen molar-refractivity contribution in [3.8, 4) is 0 Å². The summed E-state index contributed by atoms with van der Waals surface area (Å²) in [6, 6.07) is 40.2. The van der Waals surface area contributed by atoms with Gasteiger partial charge in [-0.3, -0.25) is 0 Å². The Labute approximate surface area is 185 Å². The van der Waals surface area contributed by atoms with Gasteiger partial charge in [-0.1, -0.05) is 103 Å². The number of hydrogen-bond acceptors (Lipinski definition) is 1. The van der Waals surface area contributed by atoms with Crippen LogP contribution in [0.15, 0.2) is 121 Å². The molecule has 0 atom stereocenters. The summed E-state index contributed by atoms with van der Waals surface area (Å²) < 4.78 is 0. The van der Waals surface area contributed by atoms with Crippen LogP contribution in [0.2, 0.25) is 0 Å². The third-order valence-electron chi connectivity index (χ3n) is 5.29. The molecule has 0 aliphatic carbocycles. The predicted molar refractivity (Wildman–Crippen MR) is 135 cm³/mol. The first-order valence-electron chi connectivity index (χ1n) is 10.6. The number of nitrogens with zero attached hydrogens (tertiary/aromatic N) is 1. The molecule has 0 aliphatic heterocycles. The summed E-state index contributed by atoms with van der Waals surface area (Å²) in [5.74, 6) is 0. The van der Waals surface area contributed by atoms with Gasteiger partial charge in [0.25, 0.3) is 0 Å². The van der Waals surface area contributed by atoms with Gasteiger partial charge in [0.2, 0.25) is 0 Å². The van der Waals surface area contributed by atoms with E-state index in [1.54, 1.807) is 0 Å². The molecule has 1 heteroatoms. The van der Waals surface area contributed by atoms with Crippen molar-refractivity contribution in [2.24, 2.45) is 0 Å². The molecule has 0 aliphatic rings. The minimum absolute atomic E-state index is 1.15. The summed E-state index contributed by atoms with van der Waals surface area (Å²) in [6.45, 7) is 4.36. The van der Waals surface area contributed by atoms with Crippen molar-refractivity contribution in [3.05, 3.63) is 138 Å². The third kappa shape index (κ3) is 5.02.